The highest BCUT2D eigenvalue weighted by atomic mass is 35.5. The molecule has 0 aliphatic carbocycles. The van der Waals surface area contributed by atoms with Gasteiger partial charge in [-0.05, 0) is 36.8 Å². The minimum atomic E-state index is -0.857. The molecule has 0 radical (unpaired) electrons. The van der Waals surface area contributed by atoms with Crippen LogP contribution in [0.2, 0.25) is 5.02 Å². The lowest BCUT2D eigenvalue weighted by Crippen LogP contribution is -2.14. The van der Waals surface area contributed by atoms with E-state index < -0.39 is 11.8 Å². The highest BCUT2D eigenvalue weighted by Gasteiger charge is 2.24. The molecule has 0 unspecified atom stereocenters. The molecule has 3 aromatic rings. The first-order valence-corrected chi connectivity index (χ1v) is 10.2. The van der Waals surface area contributed by atoms with Crippen LogP contribution in [-0.4, -0.2) is 41.9 Å². The number of nitrogens with one attached hydrogen (secondary N) is 1. The molecule has 1 aromatic heterocycles. The summed E-state index contributed by atoms with van der Waals surface area (Å²) >= 11 is 6.12. The van der Waals surface area contributed by atoms with Gasteiger partial charge in [-0.2, -0.15) is 0 Å². The van der Waals surface area contributed by atoms with Gasteiger partial charge in [0.25, 0.3) is 0 Å². The van der Waals surface area contributed by atoms with Crippen molar-refractivity contribution in [3.8, 4) is 11.4 Å². The standard InChI is InChI=1S/C23H19ClFN3O5/c1-3-33-18(30)11-13-7-9-14(10-8-13)26-22-20(23(31)32-2)17(12-29)27-21(28-22)19-15(24)5-4-6-16(19)25/h4-10,12H,3,11H2,1-2H3,(H,26,27,28). The Bertz CT molecular complexity index is 1180. The molecular formula is C23H19ClFN3O5. The van der Waals surface area contributed by atoms with Gasteiger partial charge >= 0.3 is 11.9 Å². The summed E-state index contributed by atoms with van der Waals surface area (Å²) in [5, 5.41) is 2.96. The summed E-state index contributed by atoms with van der Waals surface area (Å²) in [5.74, 6) is -2.17. The molecule has 0 bridgehead atoms. The Kier molecular flexibility index (Phi) is 7.68. The van der Waals surface area contributed by atoms with Crippen LogP contribution in [0.4, 0.5) is 15.9 Å². The molecule has 0 spiro atoms. The van der Waals surface area contributed by atoms with Crippen LogP contribution in [0.3, 0.4) is 0 Å². The number of esters is 2. The van der Waals surface area contributed by atoms with E-state index in [0.29, 0.717) is 17.5 Å². The Morgan fingerprint density at radius 1 is 1.15 bits per heavy atom. The maximum absolute atomic E-state index is 14.5. The minimum absolute atomic E-state index is 0.0342. The first kappa shape index (κ1) is 23.8. The maximum Gasteiger partial charge on any atom is 0.344 e. The van der Waals surface area contributed by atoms with Gasteiger partial charge in [0, 0.05) is 5.69 Å². The third-order valence-corrected chi connectivity index (χ3v) is 4.81. The Morgan fingerprint density at radius 3 is 2.48 bits per heavy atom. The van der Waals surface area contributed by atoms with Crippen molar-refractivity contribution in [1.29, 1.82) is 0 Å². The van der Waals surface area contributed by atoms with Crippen LogP contribution in [0.5, 0.6) is 0 Å². The second-order valence-corrected chi connectivity index (χ2v) is 7.07. The summed E-state index contributed by atoms with van der Waals surface area (Å²) in [6, 6.07) is 10.7. The van der Waals surface area contributed by atoms with E-state index in [0.717, 1.165) is 7.11 Å². The van der Waals surface area contributed by atoms with E-state index in [1.165, 1.54) is 18.2 Å². The molecule has 1 N–H and O–H groups in total. The average molecular weight is 472 g/mol. The number of nitrogens with zero attached hydrogens (tertiary/aromatic N) is 2. The van der Waals surface area contributed by atoms with Crippen molar-refractivity contribution in [1.82, 2.24) is 9.97 Å². The van der Waals surface area contributed by atoms with E-state index in [2.05, 4.69) is 15.3 Å². The molecule has 1 heterocycles. The number of halogens is 2. The van der Waals surface area contributed by atoms with Crippen LogP contribution in [0, 0.1) is 5.82 Å². The van der Waals surface area contributed by atoms with Gasteiger partial charge in [-0.3, -0.25) is 9.59 Å². The SMILES string of the molecule is CCOC(=O)Cc1ccc(Nc2nc(-c3c(F)cccc3Cl)nc(C=O)c2C(=O)OC)cc1. The predicted molar refractivity (Wildman–Crippen MR) is 119 cm³/mol. The molecule has 170 valence electrons. The molecule has 2 aromatic carbocycles. The second-order valence-electron chi connectivity index (χ2n) is 6.67. The summed E-state index contributed by atoms with van der Waals surface area (Å²) in [6.45, 7) is 2.01. The fraction of sp³-hybridized carbons (Fsp3) is 0.174. The number of aldehydes is 1. The van der Waals surface area contributed by atoms with Gasteiger partial charge in [0.05, 0.1) is 30.7 Å². The van der Waals surface area contributed by atoms with Crippen LogP contribution < -0.4 is 5.32 Å². The number of carbonyl (C=O) groups excluding carboxylic acids is 3. The molecule has 33 heavy (non-hydrogen) atoms. The van der Waals surface area contributed by atoms with Crippen molar-refractivity contribution in [3.63, 3.8) is 0 Å². The fourth-order valence-corrected chi connectivity index (χ4v) is 3.25. The molecule has 0 amide bonds. The van der Waals surface area contributed by atoms with E-state index >= 15 is 0 Å². The monoisotopic (exact) mass is 471 g/mol. The van der Waals surface area contributed by atoms with Crippen molar-refractivity contribution in [2.75, 3.05) is 19.0 Å². The molecule has 8 nitrogen and oxygen atoms in total. The second kappa shape index (κ2) is 10.6. The molecule has 0 aliphatic rings. The normalized spacial score (nSPS) is 10.4. The van der Waals surface area contributed by atoms with Crippen molar-refractivity contribution < 1.29 is 28.2 Å². The molecule has 0 saturated carbocycles. The first-order chi connectivity index (χ1) is 15.9. The van der Waals surface area contributed by atoms with Gasteiger partial charge in [-0.25, -0.2) is 19.2 Å². The summed E-state index contributed by atoms with van der Waals surface area (Å²) < 4.78 is 24.2. The Labute approximate surface area is 193 Å². The van der Waals surface area contributed by atoms with E-state index in [4.69, 9.17) is 21.1 Å². The summed E-state index contributed by atoms with van der Waals surface area (Å²) in [5.41, 5.74) is 0.551. The van der Waals surface area contributed by atoms with E-state index in [-0.39, 0.29) is 52.5 Å². The molecule has 0 saturated heterocycles. The lowest BCUT2D eigenvalue weighted by atomic mass is 10.1. The van der Waals surface area contributed by atoms with Crippen LogP contribution in [0.15, 0.2) is 42.5 Å². The molecule has 3 rings (SSSR count). The zero-order chi connectivity index (χ0) is 24.0. The minimum Gasteiger partial charge on any atom is -0.466 e. The van der Waals surface area contributed by atoms with Gasteiger partial charge in [-0.15, -0.1) is 0 Å². The van der Waals surface area contributed by atoms with Crippen molar-refractivity contribution >= 4 is 41.3 Å². The highest BCUT2D eigenvalue weighted by Crippen LogP contribution is 2.31. The molecule has 0 fully saturated rings. The van der Waals surface area contributed by atoms with Gasteiger partial charge in [-0.1, -0.05) is 29.8 Å². The number of rotatable bonds is 8. The van der Waals surface area contributed by atoms with Gasteiger partial charge < -0.3 is 14.8 Å². The number of methoxy groups -OCH3 is 1. The van der Waals surface area contributed by atoms with Crippen LogP contribution >= 0.6 is 11.6 Å². The smallest absolute Gasteiger partial charge is 0.344 e. The number of benzene rings is 2. The lowest BCUT2D eigenvalue weighted by Gasteiger charge is -2.14. The zero-order valence-electron chi connectivity index (χ0n) is 17.7. The van der Waals surface area contributed by atoms with Crippen LogP contribution in [0.1, 0.15) is 33.3 Å². The Balaban J connectivity index is 2.05. The Hall–Kier alpha value is -3.85. The van der Waals surface area contributed by atoms with Crippen molar-refractivity contribution in [3.05, 3.63) is 70.1 Å². The van der Waals surface area contributed by atoms with Gasteiger partial charge in [0.1, 0.15) is 22.9 Å². The number of anilines is 2. The number of hydrogen-bond donors (Lipinski definition) is 1. The predicted octanol–water partition coefficient (Wildman–Crippen LogP) is 4.38. The summed E-state index contributed by atoms with van der Waals surface area (Å²) in [4.78, 5) is 44.0. The molecule has 0 atom stereocenters. The largest absolute Gasteiger partial charge is 0.466 e. The number of ether oxygens (including phenoxy) is 2. The van der Waals surface area contributed by atoms with Gasteiger partial charge in [0.2, 0.25) is 0 Å². The highest BCUT2D eigenvalue weighted by molar-refractivity contribution is 6.33. The van der Waals surface area contributed by atoms with Crippen LogP contribution in [0.25, 0.3) is 11.4 Å². The number of hydrogen-bond acceptors (Lipinski definition) is 8. The van der Waals surface area contributed by atoms with Crippen molar-refractivity contribution in [2.24, 2.45) is 0 Å². The third-order valence-electron chi connectivity index (χ3n) is 4.49. The molecule has 10 heteroatoms. The van der Waals surface area contributed by atoms with Crippen molar-refractivity contribution in [2.45, 2.75) is 13.3 Å². The van der Waals surface area contributed by atoms with E-state index in [1.807, 2.05) is 0 Å². The summed E-state index contributed by atoms with van der Waals surface area (Å²) in [7, 11) is 1.15. The topological polar surface area (TPSA) is 107 Å². The van der Waals surface area contributed by atoms with Gasteiger partial charge in [0.15, 0.2) is 12.1 Å². The fourth-order valence-electron chi connectivity index (χ4n) is 3.00. The zero-order valence-corrected chi connectivity index (χ0v) is 18.5. The summed E-state index contributed by atoms with van der Waals surface area (Å²) in [6.07, 6.45) is 0.445. The number of carbonyl (C=O) groups is 3. The number of aromatic nitrogens is 2. The molecular weight excluding hydrogens is 453 g/mol. The Morgan fingerprint density at radius 2 is 1.88 bits per heavy atom. The quantitative estimate of drug-likeness (QED) is 0.381. The van der Waals surface area contributed by atoms with E-state index in [1.54, 1.807) is 31.2 Å². The maximum atomic E-state index is 14.5. The lowest BCUT2D eigenvalue weighted by molar-refractivity contribution is -0.142. The third kappa shape index (κ3) is 5.50. The molecule has 0 aliphatic heterocycles. The first-order valence-electron chi connectivity index (χ1n) is 9.79. The van der Waals surface area contributed by atoms with Crippen LogP contribution in [-0.2, 0) is 20.7 Å². The average Bonchev–Trinajstić information content (AvgIpc) is 2.79. The van der Waals surface area contributed by atoms with E-state index in [9.17, 15) is 18.8 Å².